The van der Waals surface area contributed by atoms with Crippen LogP contribution in [0, 0.1) is 15.5 Å². The third-order valence-electron chi connectivity index (χ3n) is 2.81. The van der Waals surface area contributed by atoms with Crippen molar-refractivity contribution in [2.45, 2.75) is 32.9 Å². The lowest BCUT2D eigenvalue weighted by Gasteiger charge is -2.31. The Morgan fingerprint density at radius 1 is 1.37 bits per heavy atom. The third-order valence-corrected chi connectivity index (χ3v) is 2.81. The molecule has 4 N–H and O–H groups in total. The molecule has 1 aromatic rings. The molecule has 0 aromatic heterocycles. The largest absolute Gasteiger partial charge is 0.508 e. The predicted molar refractivity (Wildman–Crippen MR) is 74.4 cm³/mol. The maximum absolute atomic E-state index is 10.7. The second-order valence-corrected chi connectivity index (χ2v) is 5.34. The summed E-state index contributed by atoms with van der Waals surface area (Å²) in [5.41, 5.74) is 5.38. The summed E-state index contributed by atoms with van der Waals surface area (Å²) in [5.74, 6) is -0.156. The summed E-state index contributed by atoms with van der Waals surface area (Å²) in [5, 5.41) is 30.4. The summed E-state index contributed by atoms with van der Waals surface area (Å²) >= 11 is 0. The van der Waals surface area contributed by atoms with Gasteiger partial charge in [-0.2, -0.15) is 0 Å². The summed E-state index contributed by atoms with van der Waals surface area (Å²) in [6, 6.07) is 2.71. The second kappa shape index (κ2) is 6.18. The number of benzene rings is 1. The first-order chi connectivity index (χ1) is 8.14. The summed E-state index contributed by atoms with van der Waals surface area (Å²) in [6.07, 6.45) is -0.926. The summed E-state index contributed by atoms with van der Waals surface area (Å²) in [7, 11) is 0. The van der Waals surface area contributed by atoms with E-state index in [2.05, 4.69) is 0 Å². The molecule has 0 heterocycles. The average Bonchev–Trinajstić information content (AvgIpc) is 2.26. The van der Waals surface area contributed by atoms with Gasteiger partial charge in [0, 0.05) is 17.7 Å². The van der Waals surface area contributed by atoms with Crippen LogP contribution in [0.1, 0.15) is 32.4 Å². The van der Waals surface area contributed by atoms with E-state index in [9.17, 15) is 20.3 Å². The number of phenolic OH excluding ortho intramolecular Hbond substituents is 1. The van der Waals surface area contributed by atoms with Crippen molar-refractivity contribution in [2.24, 2.45) is 11.1 Å². The van der Waals surface area contributed by atoms with Crippen molar-refractivity contribution in [3.63, 3.8) is 0 Å². The van der Waals surface area contributed by atoms with Crippen LogP contribution in [0.5, 0.6) is 5.75 Å². The zero-order chi connectivity index (χ0) is 14.1. The Morgan fingerprint density at radius 3 is 2.32 bits per heavy atom. The lowest BCUT2D eigenvalue weighted by Crippen LogP contribution is -2.37. The van der Waals surface area contributed by atoms with Crippen LogP contribution in [0.2, 0.25) is 0 Å². The van der Waals surface area contributed by atoms with Gasteiger partial charge in [0.25, 0.3) is 5.69 Å². The van der Waals surface area contributed by atoms with Gasteiger partial charge in [0.1, 0.15) is 5.75 Å². The lowest BCUT2D eigenvalue weighted by atomic mass is 9.82. The molecule has 0 amide bonds. The maximum Gasteiger partial charge on any atom is 0.270 e. The Balaban J connectivity index is 0.00000324. The average molecular weight is 291 g/mol. The molecule has 0 fully saturated rings. The molecule has 0 bridgehead atoms. The predicted octanol–water partition coefficient (Wildman–Crippen LogP) is 2.13. The smallest absolute Gasteiger partial charge is 0.270 e. The van der Waals surface area contributed by atoms with Crippen molar-refractivity contribution in [3.8, 4) is 5.75 Å². The molecule has 0 aliphatic rings. The van der Waals surface area contributed by atoms with E-state index in [4.69, 9.17) is 5.73 Å². The highest BCUT2D eigenvalue weighted by molar-refractivity contribution is 5.85. The van der Waals surface area contributed by atoms with E-state index in [1.807, 2.05) is 0 Å². The van der Waals surface area contributed by atoms with E-state index in [1.165, 1.54) is 18.2 Å². The molecule has 0 saturated heterocycles. The van der Waals surface area contributed by atoms with Gasteiger partial charge in [-0.3, -0.25) is 10.1 Å². The number of hydrogen-bond donors (Lipinski definition) is 3. The van der Waals surface area contributed by atoms with Gasteiger partial charge in [0.05, 0.1) is 17.1 Å². The number of aromatic hydroxyl groups is 1. The molecule has 1 aromatic carbocycles. The van der Waals surface area contributed by atoms with Crippen molar-refractivity contribution in [3.05, 3.63) is 33.9 Å². The van der Waals surface area contributed by atoms with Crippen LogP contribution in [0.15, 0.2) is 18.2 Å². The van der Waals surface area contributed by atoms with E-state index >= 15 is 0 Å². The number of aliphatic hydroxyl groups excluding tert-OH is 1. The third kappa shape index (κ3) is 4.05. The first-order valence-corrected chi connectivity index (χ1v) is 5.55. The number of nitrogens with zero attached hydrogens (tertiary/aromatic N) is 1. The highest BCUT2D eigenvalue weighted by Crippen LogP contribution is 2.34. The number of aliphatic hydroxyl groups is 1. The quantitative estimate of drug-likeness (QED) is 0.583. The minimum absolute atomic E-state index is 0. The highest BCUT2D eigenvalue weighted by Gasteiger charge is 2.31. The molecular weight excluding hydrogens is 272 g/mol. The molecule has 0 spiro atoms. The van der Waals surface area contributed by atoms with Gasteiger partial charge in [0.15, 0.2) is 0 Å². The van der Waals surface area contributed by atoms with E-state index in [-0.39, 0.29) is 29.4 Å². The summed E-state index contributed by atoms with van der Waals surface area (Å²) in [4.78, 5) is 10.1. The first-order valence-electron chi connectivity index (χ1n) is 5.55. The molecule has 0 unspecified atom stereocenters. The topological polar surface area (TPSA) is 110 Å². The van der Waals surface area contributed by atoms with E-state index in [1.54, 1.807) is 20.8 Å². The van der Waals surface area contributed by atoms with E-state index < -0.39 is 22.5 Å². The van der Waals surface area contributed by atoms with Crippen molar-refractivity contribution in [1.82, 2.24) is 0 Å². The van der Waals surface area contributed by atoms with E-state index in [0.717, 1.165) is 0 Å². The lowest BCUT2D eigenvalue weighted by molar-refractivity contribution is -0.385. The van der Waals surface area contributed by atoms with Gasteiger partial charge in [-0.25, -0.2) is 0 Å². The van der Waals surface area contributed by atoms with Crippen LogP contribution < -0.4 is 5.73 Å². The monoisotopic (exact) mass is 290 g/mol. The SMILES string of the molecule is CC(C)(C)[C@H](O)[C@H](N)c1cc([N+](=O)[O-])ccc1O.Cl. The van der Waals surface area contributed by atoms with Gasteiger partial charge < -0.3 is 15.9 Å². The van der Waals surface area contributed by atoms with Crippen molar-refractivity contribution in [1.29, 1.82) is 0 Å². The molecule has 7 heteroatoms. The standard InChI is InChI=1S/C12H18N2O4.ClH/c1-12(2,3)11(16)10(13)8-6-7(14(17)18)4-5-9(8)15;/h4-6,10-11,15-16H,13H2,1-3H3;1H/t10-,11-;/m1./s1. The zero-order valence-electron chi connectivity index (χ0n) is 11.0. The van der Waals surface area contributed by atoms with Crippen molar-refractivity contribution >= 4 is 18.1 Å². The van der Waals surface area contributed by atoms with Crippen LogP contribution in [0.3, 0.4) is 0 Å². The van der Waals surface area contributed by atoms with Gasteiger partial charge >= 0.3 is 0 Å². The van der Waals surface area contributed by atoms with Gasteiger partial charge in [0.2, 0.25) is 0 Å². The molecule has 1 rings (SSSR count). The Hall–Kier alpha value is -1.37. The number of hydrogen-bond acceptors (Lipinski definition) is 5. The highest BCUT2D eigenvalue weighted by atomic mass is 35.5. The van der Waals surface area contributed by atoms with Gasteiger partial charge in [-0.1, -0.05) is 20.8 Å². The Labute approximate surface area is 117 Å². The molecule has 2 atom stereocenters. The number of rotatable bonds is 3. The van der Waals surface area contributed by atoms with Gasteiger partial charge in [-0.05, 0) is 11.5 Å². The minimum atomic E-state index is -0.926. The van der Waals surface area contributed by atoms with Crippen LogP contribution in [0.4, 0.5) is 5.69 Å². The molecule has 6 nitrogen and oxygen atoms in total. The molecule has 0 radical (unpaired) electrons. The van der Waals surface area contributed by atoms with Crippen LogP contribution in [0.25, 0.3) is 0 Å². The second-order valence-electron chi connectivity index (χ2n) is 5.34. The number of nitrogens with two attached hydrogens (primary N) is 1. The molecule has 0 aliphatic heterocycles. The Morgan fingerprint density at radius 2 is 1.89 bits per heavy atom. The minimum Gasteiger partial charge on any atom is -0.508 e. The molecule has 108 valence electrons. The summed E-state index contributed by atoms with van der Waals surface area (Å²) < 4.78 is 0. The fourth-order valence-corrected chi connectivity index (χ4v) is 1.63. The fraction of sp³-hybridized carbons (Fsp3) is 0.500. The van der Waals surface area contributed by atoms with Crippen LogP contribution >= 0.6 is 12.4 Å². The maximum atomic E-state index is 10.7. The molecule has 19 heavy (non-hydrogen) atoms. The summed E-state index contributed by atoms with van der Waals surface area (Å²) in [6.45, 7) is 5.39. The van der Waals surface area contributed by atoms with Crippen LogP contribution in [-0.4, -0.2) is 21.2 Å². The fourth-order valence-electron chi connectivity index (χ4n) is 1.63. The molecule has 0 aliphatic carbocycles. The number of halogens is 1. The molecule has 0 saturated carbocycles. The first kappa shape index (κ1) is 17.6. The number of phenols is 1. The van der Waals surface area contributed by atoms with Crippen molar-refractivity contribution in [2.75, 3.05) is 0 Å². The number of nitro benzene ring substituents is 1. The Kier molecular flexibility index (Phi) is 5.74. The molecular formula is C12H19ClN2O4. The van der Waals surface area contributed by atoms with Crippen molar-refractivity contribution < 1.29 is 15.1 Å². The normalized spacial score (nSPS) is 14.4. The van der Waals surface area contributed by atoms with E-state index in [0.29, 0.717) is 0 Å². The number of non-ortho nitro benzene ring substituents is 1. The van der Waals surface area contributed by atoms with Crippen LogP contribution in [-0.2, 0) is 0 Å². The Bertz CT molecular complexity index is 460. The zero-order valence-corrected chi connectivity index (χ0v) is 11.8. The van der Waals surface area contributed by atoms with Gasteiger partial charge in [-0.15, -0.1) is 12.4 Å². The number of nitro groups is 1.